The molecule has 0 saturated heterocycles. The van der Waals surface area contributed by atoms with Crippen molar-refractivity contribution in [2.45, 2.75) is 37.2 Å². The average molecular weight is 322 g/mol. The quantitative estimate of drug-likeness (QED) is 0.859. The van der Waals surface area contributed by atoms with Gasteiger partial charge in [-0.05, 0) is 37.5 Å². The topological polar surface area (TPSA) is 58.2 Å². The normalized spacial score (nSPS) is 15.1. The smallest absolute Gasteiger partial charge is 0.262 e. The first-order valence-electron chi connectivity index (χ1n) is 6.94. The highest BCUT2D eigenvalue weighted by molar-refractivity contribution is 7.92. The number of para-hydroxylation sites is 1. The summed E-state index contributed by atoms with van der Waals surface area (Å²) in [5.74, 6) is 0. The van der Waals surface area contributed by atoms with Gasteiger partial charge in [0.1, 0.15) is 0 Å². The monoisotopic (exact) mass is 322 g/mol. The number of thiophene rings is 1. The molecule has 0 atom stereocenters. The van der Waals surface area contributed by atoms with Crippen molar-refractivity contribution in [2.75, 3.05) is 4.72 Å². The van der Waals surface area contributed by atoms with Crippen LogP contribution in [0.4, 0.5) is 5.69 Å². The van der Waals surface area contributed by atoms with Gasteiger partial charge in [0.15, 0.2) is 0 Å². The first-order valence-corrected chi connectivity index (χ1v) is 9.30. The Morgan fingerprint density at radius 3 is 2.76 bits per heavy atom. The number of nitrogens with one attached hydrogen (secondary N) is 2. The number of rotatable bonds is 6. The fourth-order valence-electron chi connectivity index (χ4n) is 2.02. The van der Waals surface area contributed by atoms with Crippen LogP contribution in [-0.4, -0.2) is 14.5 Å². The summed E-state index contributed by atoms with van der Waals surface area (Å²) < 4.78 is 27.4. The predicted octanol–water partition coefficient (Wildman–Crippen LogP) is 3.11. The van der Waals surface area contributed by atoms with Crippen LogP contribution in [0.3, 0.4) is 0 Å². The molecule has 1 saturated carbocycles. The summed E-state index contributed by atoms with van der Waals surface area (Å²) in [7, 11) is -3.51. The van der Waals surface area contributed by atoms with E-state index in [2.05, 4.69) is 10.0 Å². The summed E-state index contributed by atoms with van der Waals surface area (Å²) in [4.78, 5) is 1.38. The molecule has 1 aromatic carbocycles. The molecule has 1 fully saturated rings. The molecule has 0 aliphatic heterocycles. The fourth-order valence-corrected chi connectivity index (χ4v) is 4.37. The van der Waals surface area contributed by atoms with Gasteiger partial charge in [0.05, 0.1) is 10.6 Å². The summed E-state index contributed by atoms with van der Waals surface area (Å²) in [5.41, 5.74) is 1.54. The van der Waals surface area contributed by atoms with Gasteiger partial charge in [0.2, 0.25) is 0 Å². The summed E-state index contributed by atoms with van der Waals surface area (Å²) in [5, 5.41) is 5.09. The molecule has 0 amide bonds. The lowest BCUT2D eigenvalue weighted by Crippen LogP contribution is -2.15. The van der Waals surface area contributed by atoms with Gasteiger partial charge in [-0.2, -0.15) is 0 Å². The lowest BCUT2D eigenvalue weighted by atomic mass is 10.2. The Bertz CT molecular complexity index is 734. The van der Waals surface area contributed by atoms with Gasteiger partial charge in [-0.1, -0.05) is 18.2 Å². The van der Waals surface area contributed by atoms with Crippen molar-refractivity contribution < 1.29 is 8.42 Å². The van der Waals surface area contributed by atoms with Crippen LogP contribution in [0.5, 0.6) is 0 Å². The molecule has 0 bridgehead atoms. The molecule has 1 aliphatic rings. The van der Waals surface area contributed by atoms with Crippen LogP contribution < -0.4 is 10.0 Å². The van der Waals surface area contributed by atoms with E-state index in [4.69, 9.17) is 0 Å². The van der Waals surface area contributed by atoms with E-state index in [9.17, 15) is 8.42 Å². The first kappa shape index (κ1) is 14.6. The number of hydrogen-bond donors (Lipinski definition) is 2. The molecule has 3 rings (SSSR count). The Morgan fingerprint density at radius 2 is 2.05 bits per heavy atom. The third kappa shape index (κ3) is 3.64. The van der Waals surface area contributed by atoms with Crippen LogP contribution in [0.1, 0.15) is 23.3 Å². The molecule has 0 spiro atoms. The summed E-state index contributed by atoms with van der Waals surface area (Å²) in [6.45, 7) is 2.63. The van der Waals surface area contributed by atoms with Crippen LogP contribution in [0.2, 0.25) is 0 Å². The molecule has 1 heterocycles. The third-order valence-corrected chi connectivity index (χ3v) is 5.90. The second kappa shape index (κ2) is 5.79. The summed E-state index contributed by atoms with van der Waals surface area (Å²) in [6, 6.07) is 9.74. The Kier molecular flexibility index (Phi) is 4.01. The van der Waals surface area contributed by atoms with E-state index in [1.165, 1.54) is 24.2 Å². The molecule has 1 aromatic heterocycles. The van der Waals surface area contributed by atoms with E-state index in [1.807, 2.05) is 25.1 Å². The molecule has 1 aliphatic carbocycles. The highest BCUT2D eigenvalue weighted by atomic mass is 32.2. The number of sulfonamides is 1. The second-order valence-corrected chi connectivity index (χ2v) is 8.00. The molecule has 0 unspecified atom stereocenters. The largest absolute Gasteiger partial charge is 0.309 e. The summed E-state index contributed by atoms with van der Waals surface area (Å²) >= 11 is 1.48. The van der Waals surface area contributed by atoms with E-state index in [0.29, 0.717) is 16.6 Å². The Balaban J connectivity index is 1.73. The Morgan fingerprint density at radius 1 is 1.29 bits per heavy atom. The first-order chi connectivity index (χ1) is 10.0. The number of hydrogen-bond acceptors (Lipinski definition) is 4. The maximum absolute atomic E-state index is 12.4. The maximum atomic E-state index is 12.4. The van der Waals surface area contributed by atoms with Crippen molar-refractivity contribution in [2.24, 2.45) is 0 Å². The fraction of sp³-hybridized carbons (Fsp3) is 0.333. The number of anilines is 1. The van der Waals surface area contributed by atoms with Crippen LogP contribution >= 0.6 is 11.3 Å². The minimum atomic E-state index is -3.51. The highest BCUT2D eigenvalue weighted by Crippen LogP contribution is 2.25. The lowest BCUT2D eigenvalue weighted by molar-refractivity contribution is 0.601. The zero-order valence-electron chi connectivity index (χ0n) is 11.8. The van der Waals surface area contributed by atoms with Crippen molar-refractivity contribution in [1.29, 1.82) is 0 Å². The standard InChI is InChI=1S/C15H18N2O2S2/c1-11-4-2-3-5-15(11)17-21(18,19)14-8-13(20-10-14)9-16-12-6-7-12/h2-5,8,10,12,16-17H,6-7,9H2,1H3. The molecule has 4 nitrogen and oxygen atoms in total. The van der Waals surface area contributed by atoms with Gasteiger partial charge in [0, 0.05) is 22.8 Å². The van der Waals surface area contributed by atoms with E-state index < -0.39 is 10.0 Å². The molecule has 2 aromatic rings. The number of benzene rings is 1. The predicted molar refractivity (Wildman–Crippen MR) is 86.2 cm³/mol. The van der Waals surface area contributed by atoms with Crippen molar-refractivity contribution in [3.63, 3.8) is 0 Å². The van der Waals surface area contributed by atoms with E-state index in [0.717, 1.165) is 17.0 Å². The van der Waals surface area contributed by atoms with Gasteiger partial charge in [0.25, 0.3) is 10.0 Å². The molecule has 112 valence electrons. The van der Waals surface area contributed by atoms with E-state index >= 15 is 0 Å². The van der Waals surface area contributed by atoms with Crippen molar-refractivity contribution >= 4 is 27.0 Å². The van der Waals surface area contributed by atoms with E-state index in [1.54, 1.807) is 17.5 Å². The molecular formula is C15H18N2O2S2. The third-order valence-electron chi connectivity index (χ3n) is 3.47. The average Bonchev–Trinajstić information content (AvgIpc) is 3.15. The van der Waals surface area contributed by atoms with Gasteiger partial charge >= 0.3 is 0 Å². The maximum Gasteiger partial charge on any atom is 0.262 e. The Labute approximate surface area is 129 Å². The van der Waals surface area contributed by atoms with Crippen LogP contribution in [-0.2, 0) is 16.6 Å². The zero-order valence-corrected chi connectivity index (χ0v) is 13.4. The van der Waals surface area contributed by atoms with Crippen molar-refractivity contribution in [3.8, 4) is 0 Å². The van der Waals surface area contributed by atoms with E-state index in [-0.39, 0.29) is 0 Å². The van der Waals surface area contributed by atoms with Crippen molar-refractivity contribution in [1.82, 2.24) is 5.32 Å². The SMILES string of the molecule is Cc1ccccc1NS(=O)(=O)c1csc(CNC2CC2)c1. The van der Waals surface area contributed by atoms with Crippen LogP contribution in [0.25, 0.3) is 0 Å². The van der Waals surface area contributed by atoms with Gasteiger partial charge in [-0.15, -0.1) is 11.3 Å². The lowest BCUT2D eigenvalue weighted by Gasteiger charge is -2.08. The molecule has 2 N–H and O–H groups in total. The van der Waals surface area contributed by atoms with Crippen molar-refractivity contribution in [3.05, 3.63) is 46.2 Å². The minimum Gasteiger partial charge on any atom is -0.309 e. The molecule has 6 heteroatoms. The van der Waals surface area contributed by atoms with Crippen LogP contribution in [0.15, 0.2) is 40.6 Å². The van der Waals surface area contributed by atoms with Gasteiger partial charge in [-0.25, -0.2) is 8.42 Å². The highest BCUT2D eigenvalue weighted by Gasteiger charge is 2.21. The zero-order chi connectivity index (χ0) is 14.9. The summed E-state index contributed by atoms with van der Waals surface area (Å²) in [6.07, 6.45) is 2.46. The Hall–Kier alpha value is -1.37. The molecule has 0 radical (unpaired) electrons. The second-order valence-electron chi connectivity index (χ2n) is 5.32. The van der Waals surface area contributed by atoms with Crippen LogP contribution in [0, 0.1) is 6.92 Å². The number of aryl methyl sites for hydroxylation is 1. The molecular weight excluding hydrogens is 304 g/mol. The molecule has 21 heavy (non-hydrogen) atoms. The minimum absolute atomic E-state index is 0.336. The van der Waals surface area contributed by atoms with Gasteiger partial charge in [-0.3, -0.25) is 4.72 Å². The van der Waals surface area contributed by atoms with Gasteiger partial charge < -0.3 is 5.32 Å².